The number of aryl methyl sites for hydroxylation is 2. The van der Waals surface area contributed by atoms with E-state index in [4.69, 9.17) is 5.41 Å². The number of carbonyl (C=O) groups is 6. The monoisotopic (exact) mass is 861 g/mol. The highest BCUT2D eigenvalue weighted by Crippen LogP contribution is 2.29. The molecule has 1 fully saturated rings. The minimum atomic E-state index is -1.43. The maximum absolute atomic E-state index is 14.5. The summed E-state index contributed by atoms with van der Waals surface area (Å²) in [4.78, 5) is 97.1. The van der Waals surface area contributed by atoms with Gasteiger partial charge in [0.2, 0.25) is 23.6 Å². The molecule has 1 saturated heterocycles. The number of pyridine rings is 1. The average molecular weight is 862 g/mol. The van der Waals surface area contributed by atoms with E-state index in [0.717, 1.165) is 17.5 Å². The summed E-state index contributed by atoms with van der Waals surface area (Å²) in [6.07, 6.45) is 5.22. The first-order valence-corrected chi connectivity index (χ1v) is 20.9. The molecule has 3 aromatic rings. The fraction of sp³-hybridized carbons (Fsp3) is 0.413. The number of rotatable bonds is 16. The third kappa shape index (κ3) is 11.3. The largest absolute Gasteiger partial charge is 0.347 e. The number of hydrogen-bond acceptors (Lipinski definition) is 9. The molecule has 0 aliphatic carbocycles. The topological polar surface area (TPSA) is 213 Å². The number of nitrogens with one attached hydrogen (secondary N) is 5. The molecule has 0 saturated carbocycles. The van der Waals surface area contributed by atoms with Crippen LogP contribution in [0.25, 0.3) is 0 Å². The Kier molecular flexibility index (Phi) is 15.2. The Bertz CT molecular complexity index is 2270. The number of likely N-dealkylation sites (N-methyl/N-ethyl adjacent to an activating group) is 1. The van der Waals surface area contributed by atoms with Crippen LogP contribution >= 0.6 is 0 Å². The predicted molar refractivity (Wildman–Crippen MR) is 242 cm³/mol. The number of urea groups is 1. The quantitative estimate of drug-likeness (QED) is 0.105. The van der Waals surface area contributed by atoms with Gasteiger partial charge in [0.05, 0.1) is 24.8 Å². The summed E-state index contributed by atoms with van der Waals surface area (Å²) in [6.45, 7) is 10.7. The van der Waals surface area contributed by atoms with Crippen LogP contribution in [0.2, 0.25) is 0 Å². The lowest BCUT2D eigenvalue weighted by molar-refractivity contribution is -0.142. The van der Waals surface area contributed by atoms with Crippen LogP contribution < -0.4 is 26.2 Å². The number of amides is 7. The number of benzene rings is 2. The Morgan fingerprint density at radius 2 is 1.73 bits per heavy atom. The van der Waals surface area contributed by atoms with Crippen LogP contribution in [-0.2, 0) is 25.6 Å². The average Bonchev–Trinajstić information content (AvgIpc) is 3.75. The Morgan fingerprint density at radius 1 is 1.02 bits per heavy atom. The standard InChI is InChI=1S/C46H59N11O6/c1-28(2)38(43(61)54(7)8)52-44(62)46(5,6)53-41(59)36-16-13-21-56(36)42(60)35(22-31-14-11-10-12-15-31)51-40(58)32-19-17-29(3)37(23-32)57-26-33(24-47)39(55(9)45(57)63)50-27-49-34-20-18-30(4)48-25-34/h10-12,14-15,17-20,23-25,27-28,35-36,38,47H,13,16,21-22,26H2,1-9H3,(H,49,50)(H,51,58)(H,52,62)(H,53,59)/t35-,36-,38-/m0/s1. The van der Waals surface area contributed by atoms with Gasteiger partial charge in [-0.05, 0) is 81.8 Å². The van der Waals surface area contributed by atoms with Crippen molar-refractivity contribution in [1.82, 2.24) is 35.6 Å². The number of anilines is 2. The normalized spacial score (nSPS) is 16.5. The minimum Gasteiger partial charge on any atom is -0.347 e. The van der Waals surface area contributed by atoms with E-state index in [1.165, 1.54) is 25.9 Å². The van der Waals surface area contributed by atoms with E-state index in [2.05, 4.69) is 31.2 Å². The molecule has 334 valence electrons. The van der Waals surface area contributed by atoms with Gasteiger partial charge in [-0.25, -0.2) is 9.79 Å². The van der Waals surface area contributed by atoms with Gasteiger partial charge in [-0.15, -0.1) is 0 Å². The zero-order chi connectivity index (χ0) is 46.2. The number of likely N-dealkylation sites (tertiary alicyclic amines) is 1. The number of aliphatic imine (C=N–C) groups is 1. The van der Waals surface area contributed by atoms with Crippen molar-refractivity contribution in [2.24, 2.45) is 10.9 Å². The Morgan fingerprint density at radius 3 is 2.37 bits per heavy atom. The summed E-state index contributed by atoms with van der Waals surface area (Å²) in [6, 6.07) is 14.6. The van der Waals surface area contributed by atoms with Crippen LogP contribution in [0.5, 0.6) is 0 Å². The molecule has 63 heavy (non-hydrogen) atoms. The molecule has 17 heteroatoms. The Labute approximate surface area is 368 Å². The molecule has 3 heterocycles. The smallest absolute Gasteiger partial charge is 0.330 e. The van der Waals surface area contributed by atoms with Gasteiger partial charge in [-0.2, -0.15) is 0 Å². The number of aromatic nitrogens is 1. The van der Waals surface area contributed by atoms with E-state index in [0.29, 0.717) is 35.4 Å². The molecule has 0 spiro atoms. The van der Waals surface area contributed by atoms with Gasteiger partial charge in [-0.3, -0.25) is 38.8 Å². The lowest BCUT2D eigenvalue weighted by Crippen LogP contribution is -2.62. The van der Waals surface area contributed by atoms with E-state index in [9.17, 15) is 28.8 Å². The van der Waals surface area contributed by atoms with Gasteiger partial charge in [0.1, 0.15) is 29.5 Å². The Hall–Kier alpha value is -6.91. The number of hydrogen-bond donors (Lipinski definition) is 5. The SMILES string of the molecule is Cc1ccc(N/C=N/C2=C(C=N)CN(c3cc(C(=O)N[C@@H](Cc4ccccc4)C(=O)N4CCC[C@H]4C(=O)NC(C)(C)C(=O)N[C@H](C(=O)N(C)C)C(C)C)ccc3C)C(=O)N2C)cn1. The van der Waals surface area contributed by atoms with Crippen molar-refractivity contribution in [2.75, 3.05) is 44.4 Å². The highest BCUT2D eigenvalue weighted by atomic mass is 16.2. The molecule has 2 aromatic carbocycles. The zero-order valence-corrected chi connectivity index (χ0v) is 37.5. The van der Waals surface area contributed by atoms with Gasteiger partial charge in [-0.1, -0.05) is 50.2 Å². The molecule has 7 amide bonds. The van der Waals surface area contributed by atoms with E-state index < -0.39 is 53.3 Å². The van der Waals surface area contributed by atoms with Gasteiger partial charge < -0.3 is 36.5 Å². The van der Waals surface area contributed by atoms with E-state index in [-0.39, 0.29) is 42.7 Å². The molecule has 0 radical (unpaired) electrons. The van der Waals surface area contributed by atoms with E-state index in [1.54, 1.807) is 59.4 Å². The highest BCUT2D eigenvalue weighted by molar-refractivity contribution is 6.03. The lowest BCUT2D eigenvalue weighted by atomic mass is 9.98. The molecule has 5 rings (SSSR count). The third-order valence-corrected chi connectivity index (χ3v) is 11.1. The van der Waals surface area contributed by atoms with Gasteiger partial charge in [0.15, 0.2) is 0 Å². The first kappa shape index (κ1) is 47.1. The molecule has 1 aromatic heterocycles. The van der Waals surface area contributed by atoms with Crippen molar-refractivity contribution in [1.29, 1.82) is 5.41 Å². The fourth-order valence-electron chi connectivity index (χ4n) is 7.38. The molecule has 17 nitrogen and oxygen atoms in total. The van der Waals surface area contributed by atoms with Crippen LogP contribution in [0.3, 0.4) is 0 Å². The van der Waals surface area contributed by atoms with Crippen LogP contribution in [0, 0.1) is 25.2 Å². The molecule has 2 aliphatic rings. The molecule has 0 bridgehead atoms. The molecule has 5 N–H and O–H groups in total. The third-order valence-electron chi connectivity index (χ3n) is 11.1. The summed E-state index contributed by atoms with van der Waals surface area (Å²) >= 11 is 0. The van der Waals surface area contributed by atoms with Crippen molar-refractivity contribution >= 4 is 59.5 Å². The van der Waals surface area contributed by atoms with Crippen LogP contribution in [-0.4, -0.2) is 126 Å². The first-order valence-electron chi connectivity index (χ1n) is 20.9. The molecule has 3 atom stereocenters. The minimum absolute atomic E-state index is 0.00978. The van der Waals surface area contributed by atoms with Crippen LogP contribution in [0.4, 0.5) is 16.2 Å². The maximum atomic E-state index is 14.5. The van der Waals surface area contributed by atoms with Gasteiger partial charge >= 0.3 is 6.03 Å². The van der Waals surface area contributed by atoms with Gasteiger partial charge in [0, 0.05) is 62.8 Å². The predicted octanol–water partition coefficient (Wildman–Crippen LogP) is 4.03. The number of nitrogens with zero attached hydrogens (tertiary/aromatic N) is 6. The first-order chi connectivity index (χ1) is 29.8. The second kappa shape index (κ2) is 20.3. The maximum Gasteiger partial charge on any atom is 0.330 e. The van der Waals surface area contributed by atoms with Crippen molar-refractivity contribution in [3.05, 3.63) is 101 Å². The number of carbonyl (C=O) groups excluding carboxylic acids is 6. The molecule has 2 aliphatic heterocycles. The Balaban J connectivity index is 1.35. The highest BCUT2D eigenvalue weighted by Gasteiger charge is 2.42. The van der Waals surface area contributed by atoms with Gasteiger partial charge in [0.25, 0.3) is 5.91 Å². The van der Waals surface area contributed by atoms with E-state index >= 15 is 0 Å². The molecule has 0 unspecified atom stereocenters. The molecular weight excluding hydrogens is 803 g/mol. The van der Waals surface area contributed by atoms with E-state index in [1.807, 2.05) is 70.2 Å². The second-order valence-electron chi connectivity index (χ2n) is 17.0. The van der Waals surface area contributed by atoms with Crippen molar-refractivity contribution in [3.63, 3.8) is 0 Å². The zero-order valence-electron chi connectivity index (χ0n) is 37.5. The fourth-order valence-corrected chi connectivity index (χ4v) is 7.38. The van der Waals surface area contributed by atoms with Crippen molar-refractivity contribution < 1.29 is 28.8 Å². The van der Waals surface area contributed by atoms with Crippen molar-refractivity contribution in [2.45, 2.75) is 84.5 Å². The molecular formula is C46H59N11O6. The second-order valence-corrected chi connectivity index (χ2v) is 17.0. The summed E-state index contributed by atoms with van der Waals surface area (Å²) < 4.78 is 0. The summed E-state index contributed by atoms with van der Waals surface area (Å²) in [7, 11) is 4.77. The summed E-state index contributed by atoms with van der Waals surface area (Å²) in [5, 5.41) is 19.7. The van der Waals surface area contributed by atoms with Crippen LogP contribution in [0.1, 0.15) is 67.7 Å². The summed E-state index contributed by atoms with van der Waals surface area (Å²) in [5.41, 5.74) is 2.68. The van der Waals surface area contributed by atoms with Crippen molar-refractivity contribution in [3.8, 4) is 0 Å². The lowest BCUT2D eigenvalue weighted by Gasteiger charge is -2.35. The summed E-state index contributed by atoms with van der Waals surface area (Å²) in [5.74, 6) is -2.32. The van der Waals surface area contributed by atoms with Crippen LogP contribution in [0.15, 0.2) is 83.2 Å².